The van der Waals surface area contributed by atoms with Gasteiger partial charge in [-0.1, -0.05) is 13.8 Å². The van der Waals surface area contributed by atoms with E-state index in [1.165, 1.54) is 38.5 Å². The summed E-state index contributed by atoms with van der Waals surface area (Å²) in [6, 6.07) is 0. The molecule has 5 rings (SSSR count). The molecule has 4 aliphatic carbocycles. The third-order valence-electron chi connectivity index (χ3n) is 9.44. The Labute approximate surface area is 146 Å². The van der Waals surface area contributed by atoms with E-state index in [-0.39, 0.29) is 17.3 Å². The summed E-state index contributed by atoms with van der Waals surface area (Å²) in [4.78, 5) is 0. The molecular weight excluding hydrogens is 300 g/mol. The Balaban J connectivity index is 1.45. The molecule has 1 N–H and O–H groups in total. The third-order valence-corrected chi connectivity index (χ3v) is 9.44. The zero-order chi connectivity index (χ0) is 16.6. The maximum absolute atomic E-state index is 10.2. The van der Waals surface area contributed by atoms with Gasteiger partial charge in [0.1, 0.15) is 0 Å². The zero-order valence-electron chi connectivity index (χ0n) is 15.4. The van der Waals surface area contributed by atoms with Crippen molar-refractivity contribution in [1.82, 2.24) is 0 Å². The van der Waals surface area contributed by atoms with Gasteiger partial charge in [0.2, 0.25) is 0 Å². The normalized spacial score (nSPS) is 55.9. The van der Waals surface area contributed by atoms with Gasteiger partial charge in [-0.15, -0.1) is 0 Å². The molecule has 5 fully saturated rings. The zero-order valence-corrected chi connectivity index (χ0v) is 15.4. The van der Waals surface area contributed by atoms with Gasteiger partial charge in [0.05, 0.1) is 19.3 Å². The molecule has 3 nitrogen and oxygen atoms in total. The van der Waals surface area contributed by atoms with Crippen molar-refractivity contribution in [2.24, 2.45) is 34.5 Å². The fourth-order valence-corrected chi connectivity index (χ4v) is 8.12. The van der Waals surface area contributed by atoms with Gasteiger partial charge in [-0.2, -0.15) is 0 Å². The fourth-order valence-electron chi connectivity index (χ4n) is 8.12. The van der Waals surface area contributed by atoms with Crippen LogP contribution in [0.2, 0.25) is 0 Å². The van der Waals surface area contributed by atoms with Crippen LogP contribution in [0.4, 0.5) is 0 Å². The van der Waals surface area contributed by atoms with Crippen molar-refractivity contribution < 1.29 is 14.6 Å². The number of fused-ring (bicyclic) bond motifs is 6. The first-order chi connectivity index (χ1) is 11.5. The first-order valence-corrected chi connectivity index (χ1v) is 10.4. The average molecular weight is 335 g/mol. The lowest BCUT2D eigenvalue weighted by atomic mass is 9.45. The van der Waals surface area contributed by atoms with Crippen molar-refractivity contribution in [2.75, 3.05) is 13.2 Å². The SMILES string of the molecule is C[C@]12CC[C@@H](O)C[C@@H]1CC[C@H]1[C@H]2CC[C@@]2(C)[C@@H]1CCC21OCCO1. The Morgan fingerprint density at radius 3 is 2.38 bits per heavy atom. The van der Waals surface area contributed by atoms with Crippen LogP contribution in [-0.2, 0) is 9.47 Å². The highest BCUT2D eigenvalue weighted by Crippen LogP contribution is 2.69. The molecule has 0 unspecified atom stereocenters. The van der Waals surface area contributed by atoms with E-state index in [2.05, 4.69) is 13.8 Å². The van der Waals surface area contributed by atoms with Crippen LogP contribution < -0.4 is 0 Å². The van der Waals surface area contributed by atoms with Crippen molar-refractivity contribution in [1.29, 1.82) is 0 Å². The van der Waals surface area contributed by atoms with Crippen LogP contribution in [0.3, 0.4) is 0 Å². The minimum Gasteiger partial charge on any atom is -0.393 e. The maximum atomic E-state index is 10.2. The second-order valence-corrected chi connectivity index (χ2v) is 10.0. The molecule has 0 bridgehead atoms. The molecule has 1 saturated heterocycles. The van der Waals surface area contributed by atoms with Gasteiger partial charge in [0.15, 0.2) is 5.79 Å². The predicted molar refractivity (Wildman–Crippen MR) is 92.4 cm³/mol. The van der Waals surface area contributed by atoms with E-state index in [0.717, 1.165) is 56.1 Å². The van der Waals surface area contributed by atoms with Gasteiger partial charge < -0.3 is 14.6 Å². The molecule has 24 heavy (non-hydrogen) atoms. The molecular formula is C21H34O3. The molecule has 1 aliphatic heterocycles. The highest BCUT2D eigenvalue weighted by molar-refractivity contribution is 5.12. The first-order valence-electron chi connectivity index (χ1n) is 10.4. The van der Waals surface area contributed by atoms with Crippen LogP contribution >= 0.6 is 0 Å². The first kappa shape index (κ1) is 16.1. The van der Waals surface area contributed by atoms with Crippen LogP contribution in [0.25, 0.3) is 0 Å². The Morgan fingerprint density at radius 2 is 1.58 bits per heavy atom. The summed E-state index contributed by atoms with van der Waals surface area (Å²) in [6.07, 6.45) is 11.0. The van der Waals surface area contributed by atoms with Crippen LogP contribution in [0.15, 0.2) is 0 Å². The van der Waals surface area contributed by atoms with Gasteiger partial charge in [-0.05, 0) is 80.5 Å². The van der Waals surface area contributed by atoms with Gasteiger partial charge in [0.25, 0.3) is 0 Å². The summed E-state index contributed by atoms with van der Waals surface area (Å²) < 4.78 is 12.5. The highest BCUT2D eigenvalue weighted by Gasteiger charge is 2.67. The number of hydrogen-bond donors (Lipinski definition) is 1. The molecule has 0 aromatic heterocycles. The van der Waals surface area contributed by atoms with E-state index in [1.807, 2.05) is 0 Å². The molecule has 0 aromatic rings. The van der Waals surface area contributed by atoms with Crippen LogP contribution in [0.5, 0.6) is 0 Å². The van der Waals surface area contributed by atoms with E-state index in [4.69, 9.17) is 9.47 Å². The Hall–Kier alpha value is -0.120. The third kappa shape index (κ3) is 1.90. The number of rotatable bonds is 0. The largest absolute Gasteiger partial charge is 0.393 e. The van der Waals surface area contributed by atoms with Gasteiger partial charge in [-0.3, -0.25) is 0 Å². The maximum Gasteiger partial charge on any atom is 0.174 e. The lowest BCUT2D eigenvalue weighted by molar-refractivity contribution is -0.247. The van der Waals surface area contributed by atoms with E-state index in [9.17, 15) is 5.11 Å². The summed E-state index contributed by atoms with van der Waals surface area (Å²) in [6.45, 7) is 6.61. The molecule has 7 atom stereocenters. The summed E-state index contributed by atoms with van der Waals surface area (Å²) in [5.74, 6) is 2.98. The minimum absolute atomic E-state index is 0.0384. The van der Waals surface area contributed by atoms with Crippen LogP contribution in [0, 0.1) is 34.5 Å². The Kier molecular flexibility index (Phi) is 3.49. The number of hydrogen-bond acceptors (Lipinski definition) is 3. The van der Waals surface area contributed by atoms with Crippen molar-refractivity contribution in [2.45, 2.75) is 83.5 Å². The quantitative estimate of drug-likeness (QED) is 0.724. The van der Waals surface area contributed by atoms with Gasteiger partial charge in [0, 0.05) is 11.8 Å². The molecule has 4 saturated carbocycles. The second kappa shape index (κ2) is 5.20. The monoisotopic (exact) mass is 334 g/mol. The summed E-state index contributed by atoms with van der Waals surface area (Å²) in [7, 11) is 0. The smallest absolute Gasteiger partial charge is 0.174 e. The van der Waals surface area contributed by atoms with Gasteiger partial charge in [-0.25, -0.2) is 0 Å². The summed E-state index contributed by atoms with van der Waals surface area (Å²) in [5.41, 5.74) is 0.693. The number of ether oxygens (including phenoxy) is 2. The van der Waals surface area contributed by atoms with Crippen LogP contribution in [0.1, 0.15) is 71.6 Å². The van der Waals surface area contributed by atoms with Crippen LogP contribution in [-0.4, -0.2) is 30.2 Å². The molecule has 0 amide bonds. The standard InChI is InChI=1S/C21H34O3/c1-19-8-5-15(22)13-14(19)3-4-16-17(19)6-9-20(2)18(16)7-10-21(20)23-11-12-24-21/h14-18,22H,3-13H2,1-2H3/t14-,15+,16-,17+,18+,19-,20-/m0/s1. The van der Waals surface area contributed by atoms with Gasteiger partial charge >= 0.3 is 0 Å². The van der Waals surface area contributed by atoms with Crippen molar-refractivity contribution in [3.05, 3.63) is 0 Å². The summed E-state index contributed by atoms with van der Waals surface area (Å²) in [5, 5.41) is 10.2. The van der Waals surface area contributed by atoms with E-state index in [0.29, 0.717) is 5.41 Å². The van der Waals surface area contributed by atoms with Crippen molar-refractivity contribution in [3.8, 4) is 0 Å². The lowest BCUT2D eigenvalue weighted by Gasteiger charge is -2.61. The van der Waals surface area contributed by atoms with E-state index >= 15 is 0 Å². The molecule has 0 radical (unpaired) electrons. The Bertz CT molecular complexity index is 513. The van der Waals surface area contributed by atoms with E-state index < -0.39 is 0 Å². The molecule has 3 heteroatoms. The average Bonchev–Trinajstić information content (AvgIpc) is 3.15. The topological polar surface area (TPSA) is 38.7 Å². The fraction of sp³-hybridized carbons (Fsp3) is 1.00. The number of aliphatic hydroxyl groups is 1. The summed E-state index contributed by atoms with van der Waals surface area (Å²) >= 11 is 0. The minimum atomic E-state index is -0.261. The predicted octanol–water partition coefficient (Wildman–Crippen LogP) is 4.13. The van der Waals surface area contributed by atoms with Crippen molar-refractivity contribution in [3.63, 3.8) is 0 Å². The second-order valence-electron chi connectivity index (χ2n) is 10.0. The molecule has 5 aliphatic rings. The highest BCUT2D eigenvalue weighted by atomic mass is 16.7. The molecule has 1 spiro atoms. The molecule has 1 heterocycles. The number of aliphatic hydroxyl groups excluding tert-OH is 1. The molecule has 136 valence electrons. The lowest BCUT2D eigenvalue weighted by Crippen LogP contribution is -2.57. The van der Waals surface area contributed by atoms with Crippen molar-refractivity contribution >= 4 is 0 Å². The van der Waals surface area contributed by atoms with E-state index in [1.54, 1.807) is 0 Å². The molecule has 0 aromatic carbocycles. The Morgan fingerprint density at radius 1 is 0.833 bits per heavy atom.